The molecule has 9 unspecified atom stereocenters. The standard InChI is InChI=1S/C49H67N7O6S/c1-23(2)21-34-44(58)52-39(25(5)6)46(60)53-40(26(7)8)47(61)55-41(27(9)10)49-56-42(28(11)63-49)48(62)54-38(24(3)4)45(59)51-35(43(57)50-34)22-32-18-17-31-16-15-29-13-12-14-30-19-20-33(32)37(31)36(29)30/h12-20,23-28,34-35,38-42,49,56H,21-22H2,1-11H3,(H,50,57)(H,51,59)(H,52,58)(H,53,60)(H,54,62)(H,55,61). The summed E-state index contributed by atoms with van der Waals surface area (Å²) in [5, 5.41) is 27.2. The van der Waals surface area contributed by atoms with Gasteiger partial charge in [0.1, 0.15) is 30.2 Å². The molecule has 0 aromatic heterocycles. The van der Waals surface area contributed by atoms with Crippen LogP contribution in [0.2, 0.25) is 0 Å². The number of thioether (sulfide) groups is 1. The molecule has 6 amide bonds. The smallest absolute Gasteiger partial charge is 0.243 e. The van der Waals surface area contributed by atoms with Gasteiger partial charge in [0, 0.05) is 11.7 Å². The van der Waals surface area contributed by atoms with Crippen molar-refractivity contribution in [2.75, 3.05) is 0 Å². The number of nitrogens with one attached hydrogen (secondary N) is 7. The van der Waals surface area contributed by atoms with Gasteiger partial charge in [-0.15, -0.1) is 11.8 Å². The highest BCUT2D eigenvalue weighted by atomic mass is 32.2. The van der Waals surface area contributed by atoms with Crippen LogP contribution in [0.15, 0.2) is 54.6 Å². The maximum atomic E-state index is 14.8. The number of fused-ring (bicyclic) bond motifs is 2. The summed E-state index contributed by atoms with van der Waals surface area (Å²) in [5.41, 5.74) is 0.827. The summed E-state index contributed by atoms with van der Waals surface area (Å²) in [4.78, 5) is 85.9. The molecule has 9 atom stereocenters. The van der Waals surface area contributed by atoms with Crippen LogP contribution < -0.4 is 37.2 Å². The Bertz CT molecular complexity index is 2310. The monoisotopic (exact) mass is 881 g/mol. The van der Waals surface area contributed by atoms with Gasteiger partial charge in [0.25, 0.3) is 0 Å². The summed E-state index contributed by atoms with van der Waals surface area (Å²) >= 11 is 1.53. The van der Waals surface area contributed by atoms with Gasteiger partial charge in [-0.1, -0.05) is 131 Å². The molecule has 0 radical (unpaired) electrons. The highest BCUT2D eigenvalue weighted by Gasteiger charge is 2.44. The second-order valence-electron chi connectivity index (χ2n) is 19.4. The molecule has 2 aliphatic heterocycles. The van der Waals surface area contributed by atoms with Crippen LogP contribution in [0.25, 0.3) is 32.3 Å². The van der Waals surface area contributed by atoms with Crippen LogP contribution in [-0.2, 0) is 35.2 Å². The van der Waals surface area contributed by atoms with Crippen molar-refractivity contribution in [1.29, 1.82) is 0 Å². The Labute approximate surface area is 375 Å². The second kappa shape index (κ2) is 19.8. The number of rotatable bonds is 8. The Morgan fingerprint density at radius 1 is 0.508 bits per heavy atom. The Morgan fingerprint density at radius 3 is 1.56 bits per heavy atom. The van der Waals surface area contributed by atoms with E-state index < -0.39 is 65.9 Å². The van der Waals surface area contributed by atoms with Gasteiger partial charge in [-0.25, -0.2) is 0 Å². The molecule has 7 N–H and O–H groups in total. The lowest BCUT2D eigenvalue weighted by Gasteiger charge is -2.32. The molecule has 2 saturated heterocycles. The van der Waals surface area contributed by atoms with Gasteiger partial charge >= 0.3 is 0 Å². The normalized spacial score (nSPS) is 27.5. The van der Waals surface area contributed by atoms with E-state index >= 15 is 0 Å². The zero-order valence-electron chi connectivity index (χ0n) is 38.6. The van der Waals surface area contributed by atoms with E-state index in [1.165, 1.54) is 11.8 Å². The Balaban J connectivity index is 1.42. The van der Waals surface area contributed by atoms with E-state index in [-0.39, 0.29) is 64.9 Å². The molecule has 2 bridgehead atoms. The zero-order chi connectivity index (χ0) is 46.0. The number of hydrogen-bond acceptors (Lipinski definition) is 8. The number of hydrogen-bond donors (Lipinski definition) is 7. The van der Waals surface area contributed by atoms with E-state index in [9.17, 15) is 28.8 Å². The Morgan fingerprint density at radius 2 is 0.984 bits per heavy atom. The van der Waals surface area contributed by atoms with Gasteiger partial charge in [-0.2, -0.15) is 0 Å². The summed E-state index contributed by atoms with van der Waals surface area (Å²) in [6.45, 7) is 20.8. The lowest BCUT2D eigenvalue weighted by molar-refractivity contribution is -0.136. The van der Waals surface area contributed by atoms with Crippen molar-refractivity contribution in [1.82, 2.24) is 37.2 Å². The van der Waals surface area contributed by atoms with Gasteiger partial charge in [0.2, 0.25) is 35.4 Å². The fourth-order valence-electron chi connectivity index (χ4n) is 8.97. The summed E-state index contributed by atoms with van der Waals surface area (Å²) in [5.74, 6) is -4.08. The number of carbonyl (C=O) groups is 6. The highest BCUT2D eigenvalue weighted by Crippen LogP contribution is 2.36. The molecule has 0 spiro atoms. The minimum Gasteiger partial charge on any atom is -0.349 e. The quantitative estimate of drug-likeness (QED) is 0.119. The van der Waals surface area contributed by atoms with E-state index in [2.05, 4.69) is 67.5 Å². The summed E-state index contributed by atoms with van der Waals surface area (Å²) in [6, 6.07) is 12.2. The third-order valence-electron chi connectivity index (χ3n) is 12.6. The Hall–Kier alpha value is -4.95. The topological polar surface area (TPSA) is 187 Å². The van der Waals surface area contributed by atoms with Gasteiger partial charge in [-0.05, 0) is 73.9 Å². The van der Waals surface area contributed by atoms with Crippen molar-refractivity contribution < 1.29 is 28.8 Å². The third kappa shape index (κ3) is 10.5. The molecular formula is C49H67N7O6S. The molecule has 0 saturated carbocycles. The molecule has 4 aromatic rings. The summed E-state index contributed by atoms with van der Waals surface area (Å²) in [7, 11) is 0. The maximum Gasteiger partial charge on any atom is 0.243 e. The molecular weight excluding hydrogens is 815 g/mol. The van der Waals surface area contributed by atoms with Crippen molar-refractivity contribution in [2.24, 2.45) is 29.6 Å². The average Bonchev–Trinajstić information content (AvgIpc) is 3.61. The molecule has 0 aliphatic carbocycles. The highest BCUT2D eigenvalue weighted by molar-refractivity contribution is 8.00. The van der Waals surface area contributed by atoms with E-state index in [0.717, 1.165) is 37.9 Å². The van der Waals surface area contributed by atoms with E-state index in [1.807, 2.05) is 100 Å². The SMILES string of the molecule is CC(C)CC1NC(=O)C(Cc2ccc3ccc4cccc5ccc2c3c45)NC(=O)C(C(C)C)NC(=O)C2NC(SC2C)C(C(C)C)NC(=O)C(C(C)C)NC(=O)C(C(C)C)NC1=O. The molecule has 4 aromatic carbocycles. The third-order valence-corrected chi connectivity index (χ3v) is 14.0. The minimum atomic E-state index is -1.16. The first-order chi connectivity index (χ1) is 29.7. The van der Waals surface area contributed by atoms with E-state index in [1.54, 1.807) is 0 Å². The average molecular weight is 882 g/mol. The summed E-state index contributed by atoms with van der Waals surface area (Å²) in [6.07, 6.45) is 0.332. The van der Waals surface area contributed by atoms with Crippen molar-refractivity contribution >= 4 is 79.5 Å². The molecule has 13 nitrogen and oxygen atoms in total. The Kier molecular flexibility index (Phi) is 15.0. The van der Waals surface area contributed by atoms with E-state index in [0.29, 0.717) is 0 Å². The fourth-order valence-corrected chi connectivity index (χ4v) is 10.6. The molecule has 2 heterocycles. The van der Waals surface area contributed by atoms with Gasteiger partial charge < -0.3 is 31.9 Å². The van der Waals surface area contributed by atoms with Crippen molar-refractivity contribution in [3.05, 3.63) is 60.2 Å². The van der Waals surface area contributed by atoms with Crippen LogP contribution in [0.1, 0.15) is 88.1 Å². The lowest BCUT2D eigenvalue weighted by Crippen LogP contribution is -2.61. The minimum absolute atomic E-state index is 0.0413. The second-order valence-corrected chi connectivity index (χ2v) is 20.9. The van der Waals surface area contributed by atoms with Crippen LogP contribution >= 0.6 is 11.8 Å². The molecule has 14 heteroatoms. The van der Waals surface area contributed by atoms with Crippen molar-refractivity contribution in [3.8, 4) is 0 Å². The fraction of sp³-hybridized carbons (Fsp3) is 0.551. The number of benzene rings is 4. The predicted octanol–water partition coefficient (Wildman–Crippen LogP) is 5.14. The first kappa shape index (κ1) is 47.5. The van der Waals surface area contributed by atoms with Crippen LogP contribution in [-0.4, -0.2) is 88.4 Å². The molecule has 6 rings (SSSR count). The van der Waals surface area contributed by atoms with Crippen molar-refractivity contribution in [2.45, 2.75) is 142 Å². The van der Waals surface area contributed by atoms with Crippen molar-refractivity contribution in [3.63, 3.8) is 0 Å². The van der Waals surface area contributed by atoms with E-state index in [4.69, 9.17) is 0 Å². The molecule has 2 aliphatic rings. The maximum absolute atomic E-state index is 14.8. The van der Waals surface area contributed by atoms with Gasteiger partial charge in [0.05, 0.1) is 17.5 Å². The predicted molar refractivity (Wildman–Crippen MR) is 252 cm³/mol. The molecule has 63 heavy (non-hydrogen) atoms. The van der Waals surface area contributed by atoms with Crippen LogP contribution in [0.3, 0.4) is 0 Å². The molecule has 2 fully saturated rings. The lowest BCUT2D eigenvalue weighted by atomic mass is 9.90. The first-order valence-electron chi connectivity index (χ1n) is 22.6. The van der Waals surface area contributed by atoms with Crippen LogP contribution in [0.4, 0.5) is 0 Å². The molecule has 340 valence electrons. The first-order valence-corrected chi connectivity index (χ1v) is 23.6. The van der Waals surface area contributed by atoms with Gasteiger partial charge in [0.15, 0.2) is 0 Å². The number of amides is 6. The summed E-state index contributed by atoms with van der Waals surface area (Å²) < 4.78 is 0. The largest absolute Gasteiger partial charge is 0.349 e. The van der Waals surface area contributed by atoms with Crippen LogP contribution in [0.5, 0.6) is 0 Å². The van der Waals surface area contributed by atoms with Crippen LogP contribution in [0, 0.1) is 29.6 Å². The number of carbonyl (C=O) groups excluding carboxylic acids is 6. The zero-order valence-corrected chi connectivity index (χ0v) is 39.4. The van der Waals surface area contributed by atoms with Gasteiger partial charge in [-0.3, -0.25) is 34.1 Å².